The molecule has 18 heavy (non-hydrogen) atoms. The third kappa shape index (κ3) is 4.94. The molecule has 1 amide bonds. The van der Waals surface area contributed by atoms with Crippen LogP contribution in [0.4, 0.5) is 0 Å². The summed E-state index contributed by atoms with van der Waals surface area (Å²) in [5, 5.41) is 3.10. The van der Waals surface area contributed by atoms with E-state index in [1.54, 1.807) is 0 Å². The van der Waals surface area contributed by atoms with Crippen LogP contribution in [0.25, 0.3) is 0 Å². The lowest BCUT2D eigenvalue weighted by molar-refractivity contribution is -0.133. The van der Waals surface area contributed by atoms with Gasteiger partial charge in [-0.3, -0.25) is 9.69 Å². The summed E-state index contributed by atoms with van der Waals surface area (Å²) in [7, 11) is 5.91. The first-order valence-corrected chi connectivity index (χ1v) is 7.13. The highest BCUT2D eigenvalue weighted by Gasteiger charge is 2.24. The Hall–Kier alpha value is -0.610. The van der Waals surface area contributed by atoms with Crippen LogP contribution in [0.3, 0.4) is 0 Å². The molecule has 1 saturated carbocycles. The predicted molar refractivity (Wildman–Crippen MR) is 75.6 cm³/mol. The summed E-state index contributed by atoms with van der Waals surface area (Å²) in [5.41, 5.74) is 0. The Morgan fingerprint density at radius 1 is 1.22 bits per heavy atom. The Labute approximate surface area is 112 Å². The molecule has 0 aromatic carbocycles. The smallest absolute Gasteiger partial charge is 0.236 e. The van der Waals surface area contributed by atoms with Crippen LogP contribution < -0.4 is 5.32 Å². The molecule has 0 heterocycles. The average molecular weight is 255 g/mol. The maximum Gasteiger partial charge on any atom is 0.236 e. The number of amides is 1. The number of nitrogens with zero attached hydrogens (tertiary/aromatic N) is 2. The van der Waals surface area contributed by atoms with Crippen LogP contribution in [0.1, 0.15) is 32.6 Å². The van der Waals surface area contributed by atoms with Crippen LogP contribution in [-0.2, 0) is 4.79 Å². The number of hydrogen-bond donors (Lipinski definition) is 1. The zero-order valence-electron chi connectivity index (χ0n) is 12.4. The van der Waals surface area contributed by atoms with Crippen LogP contribution in [0.15, 0.2) is 0 Å². The molecule has 1 rings (SSSR count). The number of carbonyl (C=O) groups is 1. The molecule has 0 aliphatic heterocycles. The maximum atomic E-state index is 12.2. The van der Waals surface area contributed by atoms with Crippen molar-refractivity contribution in [1.82, 2.24) is 15.1 Å². The van der Waals surface area contributed by atoms with Gasteiger partial charge in [0.05, 0.1) is 6.54 Å². The predicted octanol–water partition coefficient (Wildman–Crippen LogP) is 1.17. The van der Waals surface area contributed by atoms with Crippen molar-refractivity contribution < 1.29 is 4.79 Å². The molecular formula is C14H29N3O. The molecule has 0 spiro atoms. The van der Waals surface area contributed by atoms with Gasteiger partial charge in [-0.05, 0) is 45.7 Å². The zero-order valence-corrected chi connectivity index (χ0v) is 12.4. The van der Waals surface area contributed by atoms with Gasteiger partial charge in [0.15, 0.2) is 0 Å². The Kier molecular flexibility index (Phi) is 6.65. The molecule has 0 radical (unpaired) electrons. The Morgan fingerprint density at radius 2 is 1.83 bits per heavy atom. The first-order chi connectivity index (χ1) is 8.54. The molecule has 4 heteroatoms. The molecule has 4 nitrogen and oxygen atoms in total. The van der Waals surface area contributed by atoms with Crippen molar-refractivity contribution in [2.45, 2.75) is 38.6 Å². The fraction of sp³-hybridized carbons (Fsp3) is 0.929. The highest BCUT2D eigenvalue weighted by atomic mass is 16.2. The normalized spacial score (nSPS) is 24.3. The summed E-state index contributed by atoms with van der Waals surface area (Å²) < 4.78 is 0. The highest BCUT2D eigenvalue weighted by Crippen LogP contribution is 2.26. The lowest BCUT2D eigenvalue weighted by Crippen LogP contribution is -2.44. The molecule has 0 unspecified atom stereocenters. The molecule has 0 saturated heterocycles. The van der Waals surface area contributed by atoms with E-state index in [0.717, 1.165) is 19.0 Å². The molecule has 0 aromatic rings. The summed E-state index contributed by atoms with van der Waals surface area (Å²) in [6, 6.07) is 0.464. The van der Waals surface area contributed by atoms with Gasteiger partial charge < -0.3 is 10.2 Å². The van der Waals surface area contributed by atoms with E-state index < -0.39 is 0 Å². The fourth-order valence-corrected chi connectivity index (χ4v) is 2.56. The van der Waals surface area contributed by atoms with Crippen molar-refractivity contribution >= 4 is 5.91 Å². The second-order valence-corrected chi connectivity index (χ2v) is 5.76. The van der Waals surface area contributed by atoms with Crippen molar-refractivity contribution in [3.05, 3.63) is 0 Å². The zero-order chi connectivity index (χ0) is 13.5. The summed E-state index contributed by atoms with van der Waals surface area (Å²) in [4.78, 5) is 16.2. The van der Waals surface area contributed by atoms with E-state index in [2.05, 4.69) is 17.1 Å². The van der Waals surface area contributed by atoms with Crippen molar-refractivity contribution in [3.63, 3.8) is 0 Å². The number of nitrogens with one attached hydrogen (secondary N) is 1. The molecule has 0 bridgehead atoms. The summed E-state index contributed by atoms with van der Waals surface area (Å²) in [6.07, 6.45) is 4.86. The molecular weight excluding hydrogens is 226 g/mol. The van der Waals surface area contributed by atoms with E-state index in [-0.39, 0.29) is 5.91 Å². The third-order valence-corrected chi connectivity index (χ3v) is 4.08. The first kappa shape index (κ1) is 15.4. The van der Waals surface area contributed by atoms with Crippen LogP contribution in [0.2, 0.25) is 0 Å². The van der Waals surface area contributed by atoms with Crippen LogP contribution in [0.5, 0.6) is 0 Å². The lowest BCUT2D eigenvalue weighted by atomic mass is 9.87. The standard InChI is InChI=1S/C14H29N3O/c1-12-5-7-13(8-6-12)17(4)14(18)11-16(3)10-9-15-2/h12-13,15H,5-11H2,1-4H3. The van der Waals surface area contributed by atoms with Crippen molar-refractivity contribution in [1.29, 1.82) is 0 Å². The van der Waals surface area contributed by atoms with Gasteiger partial charge in [0.25, 0.3) is 0 Å². The van der Waals surface area contributed by atoms with Gasteiger partial charge in [0.1, 0.15) is 0 Å². The molecule has 1 fully saturated rings. The monoisotopic (exact) mass is 255 g/mol. The van der Waals surface area contributed by atoms with E-state index in [9.17, 15) is 4.79 Å². The van der Waals surface area contributed by atoms with Gasteiger partial charge in [0.2, 0.25) is 5.91 Å². The SMILES string of the molecule is CNCCN(C)CC(=O)N(C)C1CCC(C)CC1. The average Bonchev–Trinajstić information content (AvgIpc) is 2.36. The second kappa shape index (κ2) is 7.74. The van der Waals surface area contributed by atoms with Gasteiger partial charge in [-0.2, -0.15) is 0 Å². The van der Waals surface area contributed by atoms with Crippen molar-refractivity contribution in [2.24, 2.45) is 5.92 Å². The van der Waals surface area contributed by atoms with E-state index in [0.29, 0.717) is 12.6 Å². The topological polar surface area (TPSA) is 35.6 Å². The number of hydrogen-bond acceptors (Lipinski definition) is 3. The summed E-state index contributed by atoms with van der Waals surface area (Å²) in [6.45, 7) is 4.68. The first-order valence-electron chi connectivity index (χ1n) is 7.13. The van der Waals surface area contributed by atoms with Gasteiger partial charge in [-0.25, -0.2) is 0 Å². The number of rotatable bonds is 6. The van der Waals surface area contributed by atoms with Gasteiger partial charge >= 0.3 is 0 Å². The third-order valence-electron chi connectivity index (χ3n) is 4.08. The second-order valence-electron chi connectivity index (χ2n) is 5.76. The Bertz CT molecular complexity index is 249. The lowest BCUT2D eigenvalue weighted by Gasteiger charge is -2.34. The molecule has 1 aliphatic carbocycles. The van der Waals surface area contributed by atoms with Crippen molar-refractivity contribution in [3.8, 4) is 0 Å². The number of carbonyl (C=O) groups excluding carboxylic acids is 1. The van der Waals surface area contributed by atoms with Gasteiger partial charge in [-0.15, -0.1) is 0 Å². The Morgan fingerprint density at radius 3 is 2.39 bits per heavy atom. The van der Waals surface area contributed by atoms with Crippen molar-refractivity contribution in [2.75, 3.05) is 40.8 Å². The number of likely N-dealkylation sites (N-methyl/N-ethyl adjacent to an activating group) is 3. The molecule has 0 atom stereocenters. The van der Waals surface area contributed by atoms with E-state index in [4.69, 9.17) is 0 Å². The molecule has 0 aromatic heterocycles. The molecule has 1 aliphatic rings. The van der Waals surface area contributed by atoms with Gasteiger partial charge in [0, 0.05) is 26.2 Å². The summed E-state index contributed by atoms with van der Waals surface area (Å²) >= 11 is 0. The minimum absolute atomic E-state index is 0.258. The van der Waals surface area contributed by atoms with E-state index in [1.807, 2.05) is 26.0 Å². The Balaban J connectivity index is 2.32. The summed E-state index contributed by atoms with van der Waals surface area (Å²) in [5.74, 6) is 1.09. The van der Waals surface area contributed by atoms with E-state index in [1.165, 1.54) is 25.7 Å². The minimum atomic E-state index is 0.258. The van der Waals surface area contributed by atoms with Crippen LogP contribution >= 0.6 is 0 Å². The molecule has 1 N–H and O–H groups in total. The van der Waals surface area contributed by atoms with E-state index >= 15 is 0 Å². The minimum Gasteiger partial charge on any atom is -0.342 e. The molecule has 106 valence electrons. The highest BCUT2D eigenvalue weighted by molar-refractivity contribution is 5.78. The largest absolute Gasteiger partial charge is 0.342 e. The maximum absolute atomic E-state index is 12.2. The van der Waals surface area contributed by atoms with Crippen LogP contribution in [0, 0.1) is 5.92 Å². The quantitative estimate of drug-likeness (QED) is 0.774. The van der Waals surface area contributed by atoms with Crippen LogP contribution in [-0.4, -0.2) is 62.5 Å². The van der Waals surface area contributed by atoms with Gasteiger partial charge in [-0.1, -0.05) is 6.92 Å². The fourth-order valence-electron chi connectivity index (χ4n) is 2.56.